The molecule has 6 heteroatoms. The van der Waals surface area contributed by atoms with Gasteiger partial charge in [0.1, 0.15) is 17.3 Å². The van der Waals surface area contributed by atoms with Crippen molar-refractivity contribution in [3.63, 3.8) is 0 Å². The molecule has 2 heterocycles. The fourth-order valence-electron chi connectivity index (χ4n) is 3.42. The average molecular weight is 368 g/mol. The molecule has 0 radical (unpaired) electrons. The molecule has 1 aliphatic carbocycles. The van der Waals surface area contributed by atoms with E-state index in [0.717, 1.165) is 18.6 Å². The predicted octanol–water partition coefficient (Wildman–Crippen LogP) is 4.32. The minimum absolute atomic E-state index is 0.0768. The number of benzene rings is 1. The van der Waals surface area contributed by atoms with Gasteiger partial charge in [0.2, 0.25) is 11.8 Å². The third-order valence-electron chi connectivity index (χ3n) is 5.10. The van der Waals surface area contributed by atoms with Gasteiger partial charge in [-0.1, -0.05) is 6.92 Å². The lowest BCUT2D eigenvalue weighted by molar-refractivity contribution is -0.117. The van der Waals surface area contributed by atoms with Crippen LogP contribution in [0.2, 0.25) is 0 Å². The number of amides is 2. The number of rotatable bonds is 5. The lowest BCUT2D eigenvalue weighted by atomic mass is 10.2. The Morgan fingerprint density at radius 1 is 1.33 bits per heavy atom. The molecule has 2 unspecified atom stereocenters. The topological polar surface area (TPSA) is 62.6 Å². The lowest BCUT2D eigenvalue weighted by Gasteiger charge is -2.17. The van der Waals surface area contributed by atoms with Crippen LogP contribution in [0.5, 0.6) is 0 Å². The average Bonchev–Trinajstić information content (AvgIpc) is 3.02. The van der Waals surface area contributed by atoms with E-state index in [1.165, 1.54) is 23.1 Å². The quantitative estimate of drug-likeness (QED) is 0.800. The van der Waals surface area contributed by atoms with E-state index in [1.54, 1.807) is 12.1 Å². The molecule has 0 bridgehead atoms. The van der Waals surface area contributed by atoms with Crippen LogP contribution in [0.1, 0.15) is 43.6 Å². The number of anilines is 2. The van der Waals surface area contributed by atoms with E-state index in [0.29, 0.717) is 36.2 Å². The van der Waals surface area contributed by atoms with Crippen molar-refractivity contribution in [1.29, 1.82) is 0 Å². The summed E-state index contributed by atoms with van der Waals surface area (Å²) in [5.41, 5.74) is 0.591. The maximum absolute atomic E-state index is 14.3. The highest BCUT2D eigenvalue weighted by Gasteiger charge is 2.36. The Kier molecular flexibility index (Phi) is 4.56. The van der Waals surface area contributed by atoms with E-state index < -0.39 is 5.82 Å². The van der Waals surface area contributed by atoms with Crippen LogP contribution in [-0.4, -0.2) is 18.4 Å². The highest BCUT2D eigenvalue weighted by Crippen LogP contribution is 2.47. The molecule has 5 nitrogen and oxygen atoms in total. The molecule has 1 aromatic carbocycles. The van der Waals surface area contributed by atoms with E-state index in [1.807, 2.05) is 12.1 Å². The van der Waals surface area contributed by atoms with Gasteiger partial charge >= 0.3 is 0 Å². The first-order valence-corrected chi connectivity index (χ1v) is 9.20. The van der Waals surface area contributed by atoms with Gasteiger partial charge < -0.3 is 14.6 Å². The number of carbonyl (C=O) groups is 2. The number of hydrogen-bond donors (Lipinski definition) is 1. The summed E-state index contributed by atoms with van der Waals surface area (Å²) in [7, 11) is 0. The normalized spacial score (nSPS) is 21.9. The zero-order valence-corrected chi connectivity index (χ0v) is 15.1. The van der Waals surface area contributed by atoms with Crippen molar-refractivity contribution in [2.75, 3.05) is 16.8 Å². The molecule has 2 amide bonds. The van der Waals surface area contributed by atoms with Crippen LogP contribution in [-0.2, 0) is 9.59 Å². The van der Waals surface area contributed by atoms with Gasteiger partial charge in [-0.25, -0.2) is 4.39 Å². The van der Waals surface area contributed by atoms with Crippen molar-refractivity contribution in [3.8, 4) is 0 Å². The summed E-state index contributed by atoms with van der Waals surface area (Å²) in [6.45, 7) is 2.70. The summed E-state index contributed by atoms with van der Waals surface area (Å²) in [6, 6.07) is 8.13. The van der Waals surface area contributed by atoms with Crippen LogP contribution < -0.4 is 10.2 Å². The van der Waals surface area contributed by atoms with Crippen LogP contribution in [0.3, 0.4) is 0 Å². The summed E-state index contributed by atoms with van der Waals surface area (Å²) in [5.74, 6) is 1.74. The van der Waals surface area contributed by atoms with E-state index in [4.69, 9.17) is 4.42 Å². The maximum Gasteiger partial charge on any atom is 0.248 e. The smallest absolute Gasteiger partial charge is 0.248 e. The van der Waals surface area contributed by atoms with Gasteiger partial charge in [-0.05, 0) is 55.2 Å². The SMILES string of the molecule is CC1CC1c1ccc(/C=C/C(=O)Nc2ccc(N3CCCC3=O)c(F)c2)o1. The van der Waals surface area contributed by atoms with Crippen molar-refractivity contribution in [1.82, 2.24) is 0 Å². The summed E-state index contributed by atoms with van der Waals surface area (Å²) < 4.78 is 20.0. The Morgan fingerprint density at radius 2 is 2.15 bits per heavy atom. The van der Waals surface area contributed by atoms with Gasteiger partial charge in [0.25, 0.3) is 0 Å². The first kappa shape index (κ1) is 17.5. The highest BCUT2D eigenvalue weighted by molar-refractivity contribution is 6.02. The Hall–Kier alpha value is -2.89. The standard InChI is InChI=1S/C21H21FN2O3/c1-13-11-16(13)19-8-5-15(27-19)6-9-20(25)23-14-4-7-18(17(22)12-14)24-10-2-3-21(24)26/h4-9,12-13,16H,2-3,10-11H2,1H3,(H,23,25)/b9-6+. The zero-order chi connectivity index (χ0) is 19.0. The van der Waals surface area contributed by atoms with E-state index in [-0.39, 0.29) is 17.5 Å². The van der Waals surface area contributed by atoms with Crippen molar-refractivity contribution in [3.05, 3.63) is 53.7 Å². The van der Waals surface area contributed by atoms with Crippen molar-refractivity contribution in [2.24, 2.45) is 5.92 Å². The van der Waals surface area contributed by atoms with Gasteiger partial charge in [0.15, 0.2) is 0 Å². The van der Waals surface area contributed by atoms with Crippen molar-refractivity contribution in [2.45, 2.75) is 32.1 Å². The molecule has 1 saturated heterocycles. The van der Waals surface area contributed by atoms with Crippen LogP contribution >= 0.6 is 0 Å². The van der Waals surface area contributed by atoms with Gasteiger partial charge in [-0.15, -0.1) is 0 Å². The summed E-state index contributed by atoms with van der Waals surface area (Å²) in [5, 5.41) is 2.62. The lowest BCUT2D eigenvalue weighted by Crippen LogP contribution is -2.24. The Labute approximate surface area is 156 Å². The van der Waals surface area contributed by atoms with Crippen LogP contribution in [0, 0.1) is 11.7 Å². The first-order chi connectivity index (χ1) is 13.0. The molecule has 4 rings (SSSR count). The van der Waals surface area contributed by atoms with Gasteiger partial charge in [0, 0.05) is 30.6 Å². The van der Waals surface area contributed by atoms with Crippen LogP contribution in [0.4, 0.5) is 15.8 Å². The molecule has 140 valence electrons. The van der Waals surface area contributed by atoms with Crippen molar-refractivity contribution < 1.29 is 18.4 Å². The largest absolute Gasteiger partial charge is 0.461 e. The number of nitrogens with one attached hydrogen (secondary N) is 1. The molecule has 2 aromatic rings. The maximum atomic E-state index is 14.3. The molecule has 2 fully saturated rings. The molecular formula is C21H21FN2O3. The second-order valence-corrected chi connectivity index (χ2v) is 7.20. The Balaban J connectivity index is 1.38. The summed E-state index contributed by atoms with van der Waals surface area (Å²) in [6.07, 6.45) is 5.27. The van der Waals surface area contributed by atoms with E-state index in [9.17, 15) is 14.0 Å². The zero-order valence-electron chi connectivity index (χ0n) is 15.1. The highest BCUT2D eigenvalue weighted by atomic mass is 19.1. The minimum Gasteiger partial charge on any atom is -0.461 e. The fourth-order valence-corrected chi connectivity index (χ4v) is 3.42. The number of hydrogen-bond acceptors (Lipinski definition) is 3. The van der Waals surface area contributed by atoms with Gasteiger partial charge in [-0.3, -0.25) is 9.59 Å². The molecule has 1 saturated carbocycles. The molecule has 0 spiro atoms. The monoisotopic (exact) mass is 368 g/mol. The number of halogens is 1. The molecule has 1 aromatic heterocycles. The molecule has 1 N–H and O–H groups in total. The van der Waals surface area contributed by atoms with Crippen LogP contribution in [0.25, 0.3) is 6.08 Å². The van der Waals surface area contributed by atoms with Gasteiger partial charge in [0.05, 0.1) is 5.69 Å². The molecule has 27 heavy (non-hydrogen) atoms. The molecule has 2 aliphatic rings. The fraction of sp³-hybridized carbons (Fsp3) is 0.333. The number of furan rings is 1. The Morgan fingerprint density at radius 3 is 2.81 bits per heavy atom. The third-order valence-corrected chi connectivity index (χ3v) is 5.10. The molecule has 1 aliphatic heterocycles. The predicted molar refractivity (Wildman–Crippen MR) is 101 cm³/mol. The van der Waals surface area contributed by atoms with E-state index >= 15 is 0 Å². The summed E-state index contributed by atoms with van der Waals surface area (Å²) in [4.78, 5) is 25.3. The second-order valence-electron chi connectivity index (χ2n) is 7.20. The van der Waals surface area contributed by atoms with E-state index in [2.05, 4.69) is 12.2 Å². The van der Waals surface area contributed by atoms with Crippen molar-refractivity contribution >= 4 is 29.3 Å². The number of carbonyl (C=O) groups excluding carboxylic acids is 2. The minimum atomic E-state index is -0.527. The van der Waals surface area contributed by atoms with Gasteiger partial charge in [-0.2, -0.15) is 0 Å². The number of nitrogens with zero attached hydrogens (tertiary/aromatic N) is 1. The van der Waals surface area contributed by atoms with Crippen LogP contribution in [0.15, 0.2) is 40.8 Å². The molecule has 2 atom stereocenters. The third kappa shape index (κ3) is 3.79. The Bertz CT molecular complexity index is 918. The first-order valence-electron chi connectivity index (χ1n) is 9.20. The second kappa shape index (κ2) is 7.02. The molecular weight excluding hydrogens is 347 g/mol. The summed E-state index contributed by atoms with van der Waals surface area (Å²) >= 11 is 0.